The zero-order chi connectivity index (χ0) is 17.4. The zero-order valence-corrected chi connectivity index (χ0v) is 15.5. The number of thioether (sulfide) groups is 1. The number of aliphatic hydroxyl groups is 1. The fourth-order valence-corrected chi connectivity index (χ4v) is 4.54. The van der Waals surface area contributed by atoms with Crippen LogP contribution in [0.1, 0.15) is 25.1 Å². The van der Waals surface area contributed by atoms with Crippen molar-refractivity contribution in [1.82, 2.24) is 3.97 Å². The van der Waals surface area contributed by atoms with E-state index < -0.39 is 22.3 Å². The topological polar surface area (TPSA) is 59.3 Å². The van der Waals surface area contributed by atoms with Gasteiger partial charge in [0.05, 0.1) is 17.5 Å². The summed E-state index contributed by atoms with van der Waals surface area (Å²) in [6.07, 6.45) is 1.07. The summed E-state index contributed by atoms with van der Waals surface area (Å²) in [5.74, 6) is 1.14. The molecule has 1 heterocycles. The third-order valence-corrected chi connectivity index (χ3v) is 6.12. The molecule has 1 atom stereocenters. The minimum atomic E-state index is -3.67. The largest absolute Gasteiger partial charge is 0.383 e. The van der Waals surface area contributed by atoms with E-state index in [0.29, 0.717) is 22.2 Å². The Kier molecular flexibility index (Phi) is 5.35. The van der Waals surface area contributed by atoms with Crippen molar-refractivity contribution in [2.24, 2.45) is 0 Å². The minimum Gasteiger partial charge on any atom is -0.383 e. The van der Waals surface area contributed by atoms with Crippen molar-refractivity contribution in [1.29, 1.82) is 0 Å². The monoisotopic (exact) mass is 379 g/mol. The smallest absolute Gasteiger partial charge is 0.236 e. The van der Waals surface area contributed by atoms with Crippen LogP contribution in [0.5, 0.6) is 0 Å². The first kappa shape index (κ1) is 18.6. The summed E-state index contributed by atoms with van der Waals surface area (Å²) in [5, 5.41) is 11.4. The van der Waals surface area contributed by atoms with Gasteiger partial charge in [0.15, 0.2) is 0 Å². The number of nitrogens with zero attached hydrogens (tertiary/aromatic N) is 1. The Bertz CT molecular complexity index is 831. The number of halogens is 2. The van der Waals surface area contributed by atoms with E-state index in [0.717, 1.165) is 16.0 Å². The number of rotatable bonds is 6. The number of benzene rings is 1. The Morgan fingerprint density at radius 1 is 1.39 bits per heavy atom. The van der Waals surface area contributed by atoms with Crippen LogP contribution in [0, 0.1) is 0 Å². The van der Waals surface area contributed by atoms with Gasteiger partial charge in [-0.15, -0.1) is 0 Å². The Morgan fingerprint density at radius 2 is 2.04 bits per heavy atom. The highest BCUT2D eigenvalue weighted by molar-refractivity contribution is 7.99. The van der Waals surface area contributed by atoms with Gasteiger partial charge in [-0.3, -0.25) is 0 Å². The summed E-state index contributed by atoms with van der Waals surface area (Å²) in [6, 6.07) is 4.54. The molecule has 0 saturated heterocycles. The number of fused-ring (bicyclic) bond motifs is 1. The molecule has 128 valence electrons. The van der Waals surface area contributed by atoms with Crippen molar-refractivity contribution in [2.75, 3.05) is 17.8 Å². The molecule has 0 spiro atoms. The van der Waals surface area contributed by atoms with E-state index in [1.54, 1.807) is 13.0 Å². The van der Waals surface area contributed by atoms with Crippen LogP contribution in [-0.2, 0) is 22.3 Å². The molecule has 0 fully saturated rings. The van der Waals surface area contributed by atoms with Gasteiger partial charge in [0.1, 0.15) is 12.3 Å². The summed E-state index contributed by atoms with van der Waals surface area (Å²) >= 11 is 7.52. The van der Waals surface area contributed by atoms with Crippen LogP contribution in [0.2, 0.25) is 5.02 Å². The Hall–Kier alpha value is -0.760. The molecule has 0 amide bonds. The van der Waals surface area contributed by atoms with E-state index in [1.165, 1.54) is 23.9 Å². The molecule has 23 heavy (non-hydrogen) atoms. The molecule has 0 bridgehead atoms. The maximum Gasteiger partial charge on any atom is 0.236 e. The van der Waals surface area contributed by atoms with Crippen LogP contribution in [0.3, 0.4) is 0 Å². The number of alkyl halides is 1. The molecule has 1 aromatic carbocycles. The first-order valence-corrected chi connectivity index (χ1v) is 10.4. The average molecular weight is 380 g/mol. The summed E-state index contributed by atoms with van der Waals surface area (Å²) in [4.78, 5) is 0. The van der Waals surface area contributed by atoms with Gasteiger partial charge in [0.25, 0.3) is 0 Å². The lowest BCUT2D eigenvalue weighted by Crippen LogP contribution is -2.30. The Balaban J connectivity index is 2.78. The molecular weight excluding hydrogens is 361 g/mol. The fraction of sp³-hybridized carbons (Fsp3) is 0.467. The molecule has 1 unspecified atom stereocenters. The quantitative estimate of drug-likeness (QED) is 0.834. The third-order valence-electron chi connectivity index (χ3n) is 3.54. The van der Waals surface area contributed by atoms with Crippen LogP contribution >= 0.6 is 23.4 Å². The number of hydrogen-bond donors (Lipinski definition) is 1. The molecule has 0 radical (unpaired) electrons. The lowest BCUT2D eigenvalue weighted by Gasteiger charge is -2.24. The van der Waals surface area contributed by atoms with Gasteiger partial charge in [-0.25, -0.2) is 16.8 Å². The number of aromatic nitrogens is 1. The summed E-state index contributed by atoms with van der Waals surface area (Å²) < 4.78 is 38.6. The molecule has 1 aromatic heterocycles. The van der Waals surface area contributed by atoms with Crippen molar-refractivity contribution in [3.05, 3.63) is 34.5 Å². The molecular formula is C15H19ClFNO3S2. The second kappa shape index (κ2) is 6.63. The molecule has 2 aromatic rings. The summed E-state index contributed by atoms with van der Waals surface area (Å²) in [6.45, 7) is 2.79. The van der Waals surface area contributed by atoms with Gasteiger partial charge in [0.2, 0.25) is 10.0 Å². The molecule has 0 saturated carbocycles. The molecule has 0 aliphatic carbocycles. The van der Waals surface area contributed by atoms with E-state index >= 15 is 0 Å². The third kappa shape index (κ3) is 3.68. The van der Waals surface area contributed by atoms with Crippen LogP contribution in [0.25, 0.3) is 10.9 Å². The van der Waals surface area contributed by atoms with Crippen LogP contribution in [0.15, 0.2) is 18.2 Å². The molecule has 0 aliphatic heterocycles. The lowest BCUT2D eigenvalue weighted by atomic mass is 10.1. The SMILES string of the molecule is CCSCC(C)(O)c1cc2cc(CF)c(Cl)cc2n1S(C)(=O)=O. The average Bonchev–Trinajstić information content (AvgIpc) is 2.83. The van der Waals surface area contributed by atoms with E-state index in [9.17, 15) is 17.9 Å². The lowest BCUT2D eigenvalue weighted by molar-refractivity contribution is 0.0787. The highest BCUT2D eigenvalue weighted by Gasteiger charge is 2.31. The van der Waals surface area contributed by atoms with Crippen molar-refractivity contribution in [3.63, 3.8) is 0 Å². The van der Waals surface area contributed by atoms with E-state index in [1.807, 2.05) is 6.92 Å². The van der Waals surface area contributed by atoms with Crippen LogP contribution in [-0.4, -0.2) is 35.3 Å². The number of hydrogen-bond acceptors (Lipinski definition) is 4. The van der Waals surface area contributed by atoms with Gasteiger partial charge >= 0.3 is 0 Å². The van der Waals surface area contributed by atoms with Gasteiger partial charge in [-0.2, -0.15) is 11.8 Å². The maximum absolute atomic E-state index is 13.0. The van der Waals surface area contributed by atoms with Crippen molar-refractivity contribution in [3.8, 4) is 0 Å². The standard InChI is InChI=1S/C15H19ClFNO3S2/c1-4-22-9-15(2,19)14-6-10-5-11(8-17)12(16)7-13(10)18(14)23(3,20)21/h5-7,19H,4,8-9H2,1-3H3. The zero-order valence-electron chi connectivity index (χ0n) is 13.1. The summed E-state index contributed by atoms with van der Waals surface area (Å²) in [7, 11) is -3.67. The van der Waals surface area contributed by atoms with Crippen molar-refractivity contribution < 1.29 is 17.9 Å². The molecule has 8 heteroatoms. The minimum absolute atomic E-state index is 0.164. The second-order valence-electron chi connectivity index (χ2n) is 5.60. The normalized spacial score (nSPS) is 15.0. The Morgan fingerprint density at radius 3 is 2.57 bits per heavy atom. The van der Waals surface area contributed by atoms with Crippen molar-refractivity contribution >= 4 is 44.3 Å². The molecule has 1 N–H and O–H groups in total. The molecule has 0 aliphatic rings. The highest BCUT2D eigenvalue weighted by Crippen LogP contribution is 2.34. The van der Waals surface area contributed by atoms with Gasteiger partial charge in [-0.1, -0.05) is 18.5 Å². The van der Waals surface area contributed by atoms with Crippen molar-refractivity contribution in [2.45, 2.75) is 26.1 Å². The van der Waals surface area contributed by atoms with E-state index in [-0.39, 0.29) is 10.7 Å². The van der Waals surface area contributed by atoms with Gasteiger partial charge < -0.3 is 5.11 Å². The van der Waals surface area contributed by atoms with Crippen LogP contribution < -0.4 is 0 Å². The maximum atomic E-state index is 13.0. The highest BCUT2D eigenvalue weighted by atomic mass is 35.5. The fourth-order valence-electron chi connectivity index (χ4n) is 2.46. The molecule has 2 rings (SSSR count). The summed E-state index contributed by atoms with van der Waals surface area (Å²) in [5.41, 5.74) is -0.459. The Labute approximate surface area is 144 Å². The first-order valence-electron chi connectivity index (χ1n) is 7.02. The second-order valence-corrected chi connectivity index (χ2v) is 9.12. The first-order chi connectivity index (χ1) is 10.6. The van der Waals surface area contributed by atoms with E-state index in [2.05, 4.69) is 0 Å². The molecule has 4 nitrogen and oxygen atoms in total. The van der Waals surface area contributed by atoms with Gasteiger partial charge in [0, 0.05) is 21.7 Å². The van der Waals surface area contributed by atoms with E-state index in [4.69, 9.17) is 11.6 Å². The van der Waals surface area contributed by atoms with Crippen LogP contribution in [0.4, 0.5) is 4.39 Å². The van der Waals surface area contributed by atoms with Gasteiger partial charge in [-0.05, 0) is 30.9 Å². The predicted octanol–water partition coefficient (Wildman–Crippen LogP) is 3.53. The predicted molar refractivity (Wildman–Crippen MR) is 94.6 cm³/mol.